The Hall–Kier alpha value is -2.50. The number of benzene rings is 2. The Labute approximate surface area is 217 Å². The summed E-state index contributed by atoms with van der Waals surface area (Å²) in [5, 5.41) is 0. The summed E-state index contributed by atoms with van der Waals surface area (Å²) >= 11 is 0. The number of nitrogens with zero attached hydrogens (tertiary/aromatic N) is 3. The maximum Gasteiger partial charge on any atom is 0.225 e. The predicted octanol–water partition coefficient (Wildman–Crippen LogP) is 4.79. The van der Waals surface area contributed by atoms with Gasteiger partial charge in [-0.25, -0.2) is 0 Å². The molecule has 4 rings (SSSR count). The molecular formula is C31H43N3O2. The Bertz CT molecular complexity index is 1040. The zero-order valence-corrected chi connectivity index (χ0v) is 23.0. The largest absolute Gasteiger partial charge is 0.340 e. The lowest BCUT2D eigenvalue weighted by Crippen LogP contribution is -2.58. The molecule has 194 valence electrons. The third-order valence-electron chi connectivity index (χ3n) is 8.44. The van der Waals surface area contributed by atoms with Crippen molar-refractivity contribution in [2.45, 2.75) is 65.5 Å². The van der Waals surface area contributed by atoms with E-state index in [0.29, 0.717) is 5.91 Å². The van der Waals surface area contributed by atoms with E-state index in [2.05, 4.69) is 73.6 Å². The SMILES string of the molecule is CC(=O)C(c1ccccc1C)(c1ccccc1C)N1CCC(C(=O)N2CCN(C(C)(C)C)CC2)CC1. The molecule has 2 aliphatic heterocycles. The lowest BCUT2D eigenvalue weighted by atomic mass is 9.73. The summed E-state index contributed by atoms with van der Waals surface area (Å²) < 4.78 is 0. The van der Waals surface area contributed by atoms with Gasteiger partial charge in [0.05, 0.1) is 0 Å². The minimum atomic E-state index is -0.844. The van der Waals surface area contributed by atoms with Crippen LogP contribution in [0.15, 0.2) is 48.5 Å². The molecule has 36 heavy (non-hydrogen) atoms. The second-order valence-electron chi connectivity index (χ2n) is 11.6. The quantitative estimate of drug-likeness (QED) is 0.606. The third-order valence-corrected chi connectivity index (χ3v) is 8.44. The van der Waals surface area contributed by atoms with Gasteiger partial charge in [-0.2, -0.15) is 0 Å². The molecule has 5 heteroatoms. The van der Waals surface area contributed by atoms with Crippen molar-refractivity contribution in [1.29, 1.82) is 0 Å². The Balaban J connectivity index is 1.58. The van der Waals surface area contributed by atoms with Crippen LogP contribution in [0.1, 0.15) is 62.8 Å². The lowest BCUT2D eigenvalue weighted by molar-refractivity contribution is -0.140. The monoisotopic (exact) mass is 489 g/mol. The second kappa shape index (κ2) is 10.5. The summed E-state index contributed by atoms with van der Waals surface area (Å²) in [4.78, 5) is 34.1. The van der Waals surface area contributed by atoms with E-state index >= 15 is 0 Å². The standard InChI is InChI=1S/C31H43N3O2/c1-23-11-7-9-13-27(23)31(25(3)35,28-14-10-8-12-24(28)2)34-17-15-26(16-18-34)29(36)32-19-21-33(22-20-32)30(4,5)6/h7-14,26H,15-22H2,1-6H3. The highest BCUT2D eigenvalue weighted by Gasteiger charge is 2.48. The molecule has 0 unspecified atom stereocenters. The number of piperidine rings is 1. The average Bonchev–Trinajstić information content (AvgIpc) is 2.86. The van der Waals surface area contributed by atoms with Crippen molar-refractivity contribution in [2.75, 3.05) is 39.3 Å². The Morgan fingerprint density at radius 1 is 0.722 bits per heavy atom. The molecule has 2 aliphatic rings. The number of piperazine rings is 1. The van der Waals surface area contributed by atoms with Crippen LogP contribution in [0.4, 0.5) is 0 Å². The number of likely N-dealkylation sites (tertiary alicyclic amines) is 1. The van der Waals surface area contributed by atoms with Gasteiger partial charge in [-0.3, -0.25) is 19.4 Å². The first kappa shape index (κ1) is 26.6. The average molecular weight is 490 g/mol. The van der Waals surface area contributed by atoms with Crippen molar-refractivity contribution in [3.05, 3.63) is 70.8 Å². The predicted molar refractivity (Wildman–Crippen MR) is 146 cm³/mol. The fourth-order valence-corrected chi connectivity index (χ4v) is 6.36. The minimum absolute atomic E-state index is 0.0286. The molecule has 1 amide bonds. The highest BCUT2D eigenvalue weighted by molar-refractivity contribution is 5.92. The maximum atomic E-state index is 13.7. The molecule has 2 aromatic carbocycles. The van der Waals surface area contributed by atoms with E-state index in [9.17, 15) is 9.59 Å². The first-order chi connectivity index (χ1) is 17.1. The number of aryl methyl sites for hydroxylation is 2. The van der Waals surface area contributed by atoms with Gasteiger partial charge in [0.25, 0.3) is 0 Å². The smallest absolute Gasteiger partial charge is 0.225 e. The number of amides is 1. The molecule has 0 saturated carbocycles. The van der Waals surface area contributed by atoms with E-state index in [1.807, 2.05) is 24.3 Å². The second-order valence-corrected chi connectivity index (χ2v) is 11.6. The third kappa shape index (κ3) is 4.88. The highest BCUT2D eigenvalue weighted by Crippen LogP contribution is 2.42. The number of carbonyl (C=O) groups is 2. The highest BCUT2D eigenvalue weighted by atomic mass is 16.2. The molecule has 0 aliphatic carbocycles. The van der Waals surface area contributed by atoms with Crippen molar-refractivity contribution in [3.8, 4) is 0 Å². The van der Waals surface area contributed by atoms with Gasteiger partial charge in [0, 0.05) is 50.7 Å². The molecule has 0 aromatic heterocycles. The number of Topliss-reactive ketones (excluding diaryl/α,β-unsaturated/α-hetero) is 1. The van der Waals surface area contributed by atoms with Gasteiger partial charge in [0.1, 0.15) is 5.54 Å². The van der Waals surface area contributed by atoms with Crippen LogP contribution in [0, 0.1) is 19.8 Å². The zero-order chi connectivity index (χ0) is 26.1. The summed E-state index contributed by atoms with van der Waals surface area (Å²) in [6.07, 6.45) is 1.57. The Morgan fingerprint density at radius 3 is 1.61 bits per heavy atom. The fraction of sp³-hybridized carbons (Fsp3) is 0.548. The molecule has 0 spiro atoms. The maximum absolute atomic E-state index is 13.7. The van der Waals surface area contributed by atoms with Gasteiger partial charge in [0.2, 0.25) is 5.91 Å². The minimum Gasteiger partial charge on any atom is -0.340 e. The number of carbonyl (C=O) groups excluding carboxylic acids is 2. The van der Waals surface area contributed by atoms with E-state index in [-0.39, 0.29) is 17.2 Å². The van der Waals surface area contributed by atoms with E-state index in [4.69, 9.17) is 0 Å². The number of rotatable bonds is 5. The molecule has 2 fully saturated rings. The molecule has 0 atom stereocenters. The van der Waals surface area contributed by atoms with E-state index in [1.165, 1.54) is 0 Å². The molecule has 2 aromatic rings. The first-order valence-corrected chi connectivity index (χ1v) is 13.5. The molecule has 5 nitrogen and oxygen atoms in total. The van der Waals surface area contributed by atoms with Crippen LogP contribution in [0.3, 0.4) is 0 Å². The van der Waals surface area contributed by atoms with Crippen LogP contribution in [0.5, 0.6) is 0 Å². The summed E-state index contributed by atoms with van der Waals surface area (Å²) in [6.45, 7) is 17.6. The van der Waals surface area contributed by atoms with Crippen LogP contribution in [0.25, 0.3) is 0 Å². The molecule has 0 radical (unpaired) electrons. The van der Waals surface area contributed by atoms with Crippen LogP contribution in [-0.2, 0) is 15.1 Å². The summed E-state index contributed by atoms with van der Waals surface area (Å²) in [5.74, 6) is 0.457. The van der Waals surface area contributed by atoms with Crippen LogP contribution < -0.4 is 0 Å². The molecule has 0 N–H and O–H groups in total. The van der Waals surface area contributed by atoms with Crippen LogP contribution >= 0.6 is 0 Å². The molecule has 2 saturated heterocycles. The zero-order valence-electron chi connectivity index (χ0n) is 23.0. The van der Waals surface area contributed by atoms with Crippen molar-refractivity contribution < 1.29 is 9.59 Å². The molecule has 2 heterocycles. The van der Waals surface area contributed by atoms with Crippen LogP contribution in [0.2, 0.25) is 0 Å². The topological polar surface area (TPSA) is 43.9 Å². The van der Waals surface area contributed by atoms with Gasteiger partial charge in [-0.05, 0) is 76.6 Å². The number of ketones is 1. The number of hydrogen-bond donors (Lipinski definition) is 0. The van der Waals surface area contributed by atoms with Crippen molar-refractivity contribution in [2.24, 2.45) is 5.92 Å². The fourth-order valence-electron chi connectivity index (χ4n) is 6.36. The van der Waals surface area contributed by atoms with E-state index in [0.717, 1.165) is 74.4 Å². The van der Waals surface area contributed by atoms with E-state index < -0.39 is 5.54 Å². The van der Waals surface area contributed by atoms with Crippen LogP contribution in [-0.4, -0.2) is 71.2 Å². The van der Waals surface area contributed by atoms with Crippen molar-refractivity contribution in [3.63, 3.8) is 0 Å². The van der Waals surface area contributed by atoms with Crippen molar-refractivity contribution >= 4 is 11.7 Å². The molecular weight excluding hydrogens is 446 g/mol. The van der Waals surface area contributed by atoms with Gasteiger partial charge in [-0.1, -0.05) is 48.5 Å². The van der Waals surface area contributed by atoms with Gasteiger partial charge in [-0.15, -0.1) is 0 Å². The van der Waals surface area contributed by atoms with E-state index in [1.54, 1.807) is 6.92 Å². The van der Waals surface area contributed by atoms with Crippen molar-refractivity contribution in [1.82, 2.24) is 14.7 Å². The van der Waals surface area contributed by atoms with Gasteiger partial charge < -0.3 is 4.90 Å². The Kier molecular flexibility index (Phi) is 7.72. The van der Waals surface area contributed by atoms with Gasteiger partial charge >= 0.3 is 0 Å². The first-order valence-electron chi connectivity index (χ1n) is 13.5. The van der Waals surface area contributed by atoms with Gasteiger partial charge in [0.15, 0.2) is 5.78 Å². The summed E-state index contributed by atoms with van der Waals surface area (Å²) in [5.41, 5.74) is 3.63. The molecule has 0 bridgehead atoms. The summed E-state index contributed by atoms with van der Waals surface area (Å²) in [7, 11) is 0. The normalized spacial score (nSPS) is 18.9. The summed E-state index contributed by atoms with van der Waals surface area (Å²) in [6, 6.07) is 16.5. The lowest BCUT2D eigenvalue weighted by Gasteiger charge is -2.48. The Morgan fingerprint density at radius 2 is 1.19 bits per heavy atom. The number of hydrogen-bond acceptors (Lipinski definition) is 4.